The lowest BCUT2D eigenvalue weighted by Gasteiger charge is -2.39. The highest BCUT2D eigenvalue weighted by Gasteiger charge is 2.25. The molecule has 1 unspecified atom stereocenters. The molecular formula is C13H18N2O. The van der Waals surface area contributed by atoms with Crippen molar-refractivity contribution < 1.29 is 4.74 Å². The van der Waals surface area contributed by atoms with E-state index in [2.05, 4.69) is 34.5 Å². The summed E-state index contributed by atoms with van der Waals surface area (Å²) in [7, 11) is 0. The lowest BCUT2D eigenvalue weighted by atomic mass is 10.0. The number of morpholine rings is 1. The zero-order chi connectivity index (χ0) is 10.8. The number of nitrogens with one attached hydrogen (secondary N) is 1. The lowest BCUT2D eigenvalue weighted by Crippen LogP contribution is -2.51. The maximum absolute atomic E-state index is 5.84. The zero-order valence-electron chi connectivity index (χ0n) is 9.48. The lowest BCUT2D eigenvalue weighted by molar-refractivity contribution is 0.0257. The van der Waals surface area contributed by atoms with Gasteiger partial charge in [0, 0.05) is 25.3 Å². The van der Waals surface area contributed by atoms with Crippen LogP contribution in [0.1, 0.15) is 12.0 Å². The van der Waals surface area contributed by atoms with Gasteiger partial charge < -0.3 is 15.0 Å². The topological polar surface area (TPSA) is 24.5 Å². The second-order valence-corrected chi connectivity index (χ2v) is 4.46. The molecule has 0 radical (unpaired) electrons. The van der Waals surface area contributed by atoms with E-state index in [-0.39, 0.29) is 6.23 Å². The molecule has 1 fully saturated rings. The quantitative estimate of drug-likeness (QED) is 0.771. The van der Waals surface area contributed by atoms with Crippen LogP contribution < -0.4 is 10.2 Å². The van der Waals surface area contributed by atoms with E-state index in [4.69, 9.17) is 4.74 Å². The Morgan fingerprint density at radius 3 is 3.12 bits per heavy atom. The van der Waals surface area contributed by atoms with Gasteiger partial charge in [-0.3, -0.25) is 0 Å². The van der Waals surface area contributed by atoms with Gasteiger partial charge in [0.15, 0.2) is 0 Å². The second kappa shape index (κ2) is 4.44. The predicted octanol–water partition coefficient (Wildman–Crippen LogP) is 1.39. The highest BCUT2D eigenvalue weighted by atomic mass is 16.5. The molecule has 0 amide bonds. The van der Waals surface area contributed by atoms with E-state index in [9.17, 15) is 0 Å². The molecule has 0 aromatic heterocycles. The smallest absolute Gasteiger partial charge is 0.142 e. The molecule has 2 aliphatic rings. The Hall–Kier alpha value is -1.06. The zero-order valence-corrected chi connectivity index (χ0v) is 9.48. The number of para-hydroxylation sites is 1. The van der Waals surface area contributed by atoms with Crippen molar-refractivity contribution in [2.24, 2.45) is 0 Å². The Kier molecular flexibility index (Phi) is 2.80. The number of fused-ring (bicyclic) bond motifs is 1. The summed E-state index contributed by atoms with van der Waals surface area (Å²) in [6, 6.07) is 8.69. The summed E-state index contributed by atoms with van der Waals surface area (Å²) in [6.07, 6.45) is 2.65. The Morgan fingerprint density at radius 2 is 2.25 bits per heavy atom. The van der Waals surface area contributed by atoms with Gasteiger partial charge in [0.25, 0.3) is 0 Å². The van der Waals surface area contributed by atoms with Crippen molar-refractivity contribution in [2.75, 3.05) is 31.1 Å². The van der Waals surface area contributed by atoms with Gasteiger partial charge >= 0.3 is 0 Å². The average Bonchev–Trinajstić information content (AvgIpc) is 2.39. The van der Waals surface area contributed by atoms with E-state index in [0.29, 0.717) is 0 Å². The van der Waals surface area contributed by atoms with Gasteiger partial charge in [0.1, 0.15) is 6.23 Å². The molecule has 0 saturated carbocycles. The first-order valence-electron chi connectivity index (χ1n) is 6.12. The third-order valence-corrected chi connectivity index (χ3v) is 3.40. The third kappa shape index (κ3) is 1.81. The predicted molar refractivity (Wildman–Crippen MR) is 64.7 cm³/mol. The third-order valence-electron chi connectivity index (χ3n) is 3.40. The van der Waals surface area contributed by atoms with E-state index >= 15 is 0 Å². The molecule has 0 spiro atoms. The maximum Gasteiger partial charge on any atom is 0.142 e. The Labute approximate surface area is 96.4 Å². The van der Waals surface area contributed by atoms with Crippen molar-refractivity contribution in [2.45, 2.75) is 19.1 Å². The van der Waals surface area contributed by atoms with Gasteiger partial charge in [0.2, 0.25) is 0 Å². The molecule has 1 atom stereocenters. The molecule has 1 N–H and O–H groups in total. The molecule has 1 aromatic carbocycles. The highest BCUT2D eigenvalue weighted by molar-refractivity contribution is 5.55. The minimum Gasteiger partial charge on any atom is -0.356 e. The molecule has 86 valence electrons. The standard InChI is InChI=1S/C13H18N2O/c1-2-6-12-11(4-1)5-3-8-15(12)13-10-14-7-9-16-13/h1-2,4,6,13-14H,3,5,7-10H2. The molecule has 1 aromatic rings. The van der Waals surface area contributed by atoms with Crippen molar-refractivity contribution in [3.63, 3.8) is 0 Å². The molecule has 3 nitrogen and oxygen atoms in total. The van der Waals surface area contributed by atoms with Gasteiger partial charge in [-0.05, 0) is 24.5 Å². The SMILES string of the molecule is c1ccc2c(c1)CCCN2C1CNCCO1. The van der Waals surface area contributed by atoms with E-state index in [0.717, 1.165) is 26.2 Å². The fourth-order valence-electron chi connectivity index (χ4n) is 2.61. The number of hydrogen-bond acceptors (Lipinski definition) is 3. The first-order valence-corrected chi connectivity index (χ1v) is 6.12. The van der Waals surface area contributed by atoms with E-state index in [1.807, 2.05) is 0 Å². The normalized spacial score (nSPS) is 25.2. The highest BCUT2D eigenvalue weighted by Crippen LogP contribution is 2.28. The van der Waals surface area contributed by atoms with Gasteiger partial charge in [0.05, 0.1) is 6.61 Å². The molecule has 2 heterocycles. The van der Waals surface area contributed by atoms with Crippen molar-refractivity contribution in [3.8, 4) is 0 Å². The monoisotopic (exact) mass is 218 g/mol. The molecular weight excluding hydrogens is 200 g/mol. The van der Waals surface area contributed by atoms with E-state index in [1.54, 1.807) is 0 Å². The Morgan fingerprint density at radius 1 is 1.31 bits per heavy atom. The van der Waals surface area contributed by atoms with Crippen LogP contribution in [0, 0.1) is 0 Å². The Balaban J connectivity index is 1.86. The number of hydrogen-bond donors (Lipinski definition) is 1. The summed E-state index contributed by atoms with van der Waals surface area (Å²) in [4.78, 5) is 2.41. The van der Waals surface area contributed by atoms with Crippen LogP contribution in [0.25, 0.3) is 0 Å². The number of ether oxygens (including phenoxy) is 1. The molecule has 3 heteroatoms. The summed E-state index contributed by atoms with van der Waals surface area (Å²) in [6.45, 7) is 3.85. The number of aryl methyl sites for hydroxylation is 1. The minimum absolute atomic E-state index is 0.218. The van der Waals surface area contributed by atoms with E-state index < -0.39 is 0 Å². The minimum atomic E-state index is 0.218. The first kappa shape index (κ1) is 10.1. The number of benzene rings is 1. The summed E-state index contributed by atoms with van der Waals surface area (Å²) in [5.41, 5.74) is 2.82. The molecule has 1 saturated heterocycles. The van der Waals surface area contributed by atoms with Crippen LogP contribution in [0.5, 0.6) is 0 Å². The van der Waals surface area contributed by atoms with Crippen LogP contribution in [-0.2, 0) is 11.2 Å². The van der Waals surface area contributed by atoms with Gasteiger partial charge in [-0.1, -0.05) is 18.2 Å². The van der Waals surface area contributed by atoms with Crippen LogP contribution in [0.15, 0.2) is 24.3 Å². The maximum atomic E-state index is 5.84. The molecule has 16 heavy (non-hydrogen) atoms. The summed E-state index contributed by atoms with van der Waals surface area (Å²) in [5, 5.41) is 3.40. The van der Waals surface area contributed by atoms with Crippen LogP contribution in [0.3, 0.4) is 0 Å². The van der Waals surface area contributed by atoms with Crippen molar-refractivity contribution in [1.29, 1.82) is 0 Å². The Bertz CT molecular complexity index is 361. The summed E-state index contributed by atoms with van der Waals surface area (Å²) in [5.74, 6) is 0. The van der Waals surface area contributed by atoms with Crippen molar-refractivity contribution in [3.05, 3.63) is 29.8 Å². The van der Waals surface area contributed by atoms with Gasteiger partial charge in [-0.15, -0.1) is 0 Å². The molecule has 3 rings (SSSR count). The molecule has 0 bridgehead atoms. The van der Waals surface area contributed by atoms with Crippen LogP contribution in [0.4, 0.5) is 5.69 Å². The largest absolute Gasteiger partial charge is 0.356 e. The van der Waals surface area contributed by atoms with Crippen LogP contribution in [0.2, 0.25) is 0 Å². The molecule has 2 aliphatic heterocycles. The summed E-state index contributed by atoms with van der Waals surface area (Å²) < 4.78 is 5.84. The van der Waals surface area contributed by atoms with Gasteiger partial charge in [-0.25, -0.2) is 0 Å². The number of nitrogens with zero attached hydrogens (tertiary/aromatic N) is 1. The second-order valence-electron chi connectivity index (χ2n) is 4.46. The van der Waals surface area contributed by atoms with E-state index in [1.165, 1.54) is 24.1 Å². The van der Waals surface area contributed by atoms with Crippen molar-refractivity contribution in [1.82, 2.24) is 5.32 Å². The first-order chi connectivity index (χ1) is 7.95. The number of anilines is 1. The molecule has 0 aliphatic carbocycles. The number of rotatable bonds is 1. The average molecular weight is 218 g/mol. The van der Waals surface area contributed by atoms with Crippen LogP contribution >= 0.6 is 0 Å². The fraction of sp³-hybridized carbons (Fsp3) is 0.538. The summed E-state index contributed by atoms with van der Waals surface area (Å²) >= 11 is 0. The van der Waals surface area contributed by atoms with Crippen LogP contribution in [-0.4, -0.2) is 32.5 Å². The van der Waals surface area contributed by atoms with Gasteiger partial charge in [-0.2, -0.15) is 0 Å². The fourth-order valence-corrected chi connectivity index (χ4v) is 2.61. The van der Waals surface area contributed by atoms with Crippen molar-refractivity contribution >= 4 is 5.69 Å².